The molecule has 0 saturated heterocycles. The lowest BCUT2D eigenvalue weighted by atomic mass is 10.1. The Morgan fingerprint density at radius 3 is 2.44 bits per heavy atom. The number of allylic oxidation sites excluding steroid dienone is 1. The zero-order valence-corrected chi connectivity index (χ0v) is 15.3. The minimum Gasteiger partial charge on any atom is -0.417 e. The lowest BCUT2D eigenvalue weighted by Crippen LogP contribution is -2.02. The number of benzene rings is 2. The second-order valence-electron chi connectivity index (χ2n) is 5.88. The summed E-state index contributed by atoms with van der Waals surface area (Å²) in [7, 11) is -3.87. The molecule has 27 heavy (non-hydrogen) atoms. The molecule has 1 aliphatic heterocycles. The summed E-state index contributed by atoms with van der Waals surface area (Å²) in [5.41, 5.74) is 1.42. The van der Waals surface area contributed by atoms with E-state index < -0.39 is 15.6 Å². The summed E-state index contributed by atoms with van der Waals surface area (Å²) in [4.78, 5) is 21.4. The molecule has 8 heteroatoms. The summed E-state index contributed by atoms with van der Waals surface area (Å²) in [6, 6.07) is 15.7. The molecule has 0 fully saturated rings. The molecule has 0 amide bonds. The van der Waals surface area contributed by atoms with Crippen molar-refractivity contribution in [3.05, 3.63) is 71.0 Å². The third-order valence-corrected chi connectivity index (χ3v) is 7.00. The van der Waals surface area contributed by atoms with Crippen LogP contribution in [0.1, 0.15) is 16.2 Å². The Hall–Kier alpha value is -3.10. The van der Waals surface area contributed by atoms with Crippen LogP contribution in [-0.4, -0.2) is 24.2 Å². The molecular weight excluding hydrogens is 384 g/mol. The highest BCUT2D eigenvalue weighted by atomic mass is 32.2. The summed E-state index contributed by atoms with van der Waals surface area (Å²) in [5.74, 6) is -0.506. The third-order valence-electron chi connectivity index (χ3n) is 4.20. The number of fused-ring (bicyclic) bond motifs is 2. The maximum Gasteiger partial charge on any atom is 0.259 e. The van der Waals surface area contributed by atoms with E-state index in [0.29, 0.717) is 10.5 Å². The van der Waals surface area contributed by atoms with Gasteiger partial charge in [-0.25, -0.2) is 8.42 Å². The predicted octanol–water partition coefficient (Wildman–Crippen LogP) is 3.96. The number of carbonyl (C=O) groups is 1. The lowest BCUT2D eigenvalue weighted by molar-refractivity contribution is 0.104. The molecule has 5 rings (SSSR count). The van der Waals surface area contributed by atoms with Crippen LogP contribution < -0.4 is 0 Å². The summed E-state index contributed by atoms with van der Waals surface area (Å²) < 4.78 is 30.8. The third kappa shape index (κ3) is 2.45. The minimum absolute atomic E-state index is 0.0131. The van der Waals surface area contributed by atoms with Gasteiger partial charge >= 0.3 is 0 Å². The monoisotopic (exact) mass is 394 g/mol. The summed E-state index contributed by atoms with van der Waals surface area (Å²) in [6.07, 6.45) is 1.17. The van der Waals surface area contributed by atoms with Crippen molar-refractivity contribution in [3.8, 4) is 10.6 Å². The van der Waals surface area contributed by atoms with Gasteiger partial charge in [0.2, 0.25) is 21.5 Å². The van der Waals surface area contributed by atoms with Crippen molar-refractivity contribution >= 4 is 43.6 Å². The van der Waals surface area contributed by atoms with E-state index in [1.54, 1.807) is 12.1 Å². The minimum atomic E-state index is -3.87. The molecule has 4 aromatic rings. The van der Waals surface area contributed by atoms with Crippen molar-refractivity contribution in [1.82, 2.24) is 9.97 Å². The second kappa shape index (κ2) is 5.70. The van der Waals surface area contributed by atoms with E-state index in [9.17, 15) is 13.2 Å². The van der Waals surface area contributed by atoms with Crippen molar-refractivity contribution in [2.75, 3.05) is 0 Å². The van der Waals surface area contributed by atoms with Crippen LogP contribution >= 0.6 is 11.3 Å². The van der Waals surface area contributed by atoms with E-state index in [-0.39, 0.29) is 21.3 Å². The Bertz CT molecular complexity index is 1320. The topological polar surface area (TPSA) is 90.1 Å². The number of hydrogen-bond acceptors (Lipinski definition) is 7. The Morgan fingerprint density at radius 1 is 0.963 bits per heavy atom. The second-order valence-corrected chi connectivity index (χ2v) is 8.75. The van der Waals surface area contributed by atoms with Crippen molar-refractivity contribution in [2.24, 2.45) is 0 Å². The lowest BCUT2D eigenvalue weighted by Gasteiger charge is -1.95. The number of hydrogen-bond donors (Lipinski definition) is 0. The van der Waals surface area contributed by atoms with Gasteiger partial charge in [0.15, 0.2) is 4.83 Å². The maximum absolute atomic E-state index is 12.6. The van der Waals surface area contributed by atoms with E-state index >= 15 is 0 Å². The van der Waals surface area contributed by atoms with Crippen LogP contribution in [0.4, 0.5) is 0 Å². The highest BCUT2D eigenvalue weighted by Crippen LogP contribution is 2.36. The molecular formula is C19H10N2O4S2. The van der Waals surface area contributed by atoms with Crippen LogP contribution in [-0.2, 0) is 9.84 Å². The van der Waals surface area contributed by atoms with Gasteiger partial charge in [-0.2, -0.15) is 9.97 Å². The van der Waals surface area contributed by atoms with E-state index in [1.165, 1.54) is 29.5 Å². The van der Waals surface area contributed by atoms with E-state index in [4.69, 9.17) is 4.42 Å². The average molecular weight is 394 g/mol. The van der Waals surface area contributed by atoms with Crippen LogP contribution in [0.15, 0.2) is 68.8 Å². The van der Waals surface area contributed by atoms with Crippen LogP contribution in [0, 0.1) is 0 Å². The first kappa shape index (κ1) is 16.1. The highest BCUT2D eigenvalue weighted by Gasteiger charge is 2.39. The maximum atomic E-state index is 12.6. The van der Waals surface area contributed by atoms with Crippen LogP contribution in [0.2, 0.25) is 0 Å². The standard InChI is InChI=1S/C19H10N2O4S2/c22-16-12-8-4-5-9-13(12)27(23,24)14(16)10-15-20-19-17(25-15)21-18(26-19)11-6-2-1-3-7-11/h1-10H/b14-10+. The number of thiazole rings is 1. The highest BCUT2D eigenvalue weighted by molar-refractivity contribution is 7.97. The van der Waals surface area contributed by atoms with E-state index in [1.807, 2.05) is 30.3 Å². The fraction of sp³-hybridized carbons (Fsp3) is 0. The SMILES string of the molecule is O=C1/C(=C\c2nc3sc(-c4ccccc4)nc3o2)S(=O)(=O)c2ccccc21. The molecule has 132 valence electrons. The molecule has 0 unspecified atom stereocenters. The van der Waals surface area contributed by atoms with Gasteiger partial charge < -0.3 is 4.42 Å². The van der Waals surface area contributed by atoms with E-state index in [0.717, 1.165) is 10.6 Å². The number of rotatable bonds is 2. The number of oxazole rings is 1. The fourth-order valence-electron chi connectivity index (χ4n) is 2.94. The Balaban J connectivity index is 1.57. The van der Waals surface area contributed by atoms with Crippen LogP contribution in [0.5, 0.6) is 0 Å². The zero-order valence-electron chi connectivity index (χ0n) is 13.6. The van der Waals surface area contributed by atoms with Gasteiger partial charge in [-0.15, -0.1) is 0 Å². The molecule has 0 N–H and O–H groups in total. The van der Waals surface area contributed by atoms with Crippen molar-refractivity contribution in [1.29, 1.82) is 0 Å². The molecule has 6 nitrogen and oxygen atoms in total. The molecule has 2 aromatic heterocycles. The summed E-state index contributed by atoms with van der Waals surface area (Å²) >= 11 is 1.34. The Labute approximate surface area is 157 Å². The largest absolute Gasteiger partial charge is 0.417 e. The van der Waals surface area contributed by atoms with Gasteiger partial charge in [0, 0.05) is 17.2 Å². The molecule has 0 bridgehead atoms. The quantitative estimate of drug-likeness (QED) is 0.478. The first-order valence-electron chi connectivity index (χ1n) is 7.97. The van der Waals surface area contributed by atoms with Gasteiger partial charge in [0.1, 0.15) is 9.91 Å². The van der Waals surface area contributed by atoms with Gasteiger partial charge in [-0.05, 0) is 12.1 Å². The van der Waals surface area contributed by atoms with Gasteiger partial charge in [-0.3, -0.25) is 4.79 Å². The van der Waals surface area contributed by atoms with Gasteiger partial charge in [0.25, 0.3) is 5.71 Å². The first-order valence-corrected chi connectivity index (χ1v) is 10.3. The molecule has 3 heterocycles. The number of ketones is 1. The van der Waals surface area contributed by atoms with Gasteiger partial charge in [0.05, 0.1) is 4.90 Å². The molecule has 0 spiro atoms. The predicted molar refractivity (Wildman–Crippen MR) is 101 cm³/mol. The van der Waals surface area contributed by atoms with Gasteiger partial charge in [-0.1, -0.05) is 53.8 Å². The number of carbonyl (C=O) groups excluding carboxylic acids is 1. The number of nitrogens with zero attached hydrogens (tertiary/aromatic N) is 2. The zero-order chi connectivity index (χ0) is 18.6. The molecule has 2 aromatic carbocycles. The van der Waals surface area contributed by atoms with Crippen molar-refractivity contribution < 1.29 is 17.6 Å². The number of Topliss-reactive ketones (excluding diaryl/α,β-unsaturated/α-hetero) is 1. The smallest absolute Gasteiger partial charge is 0.259 e. The number of aromatic nitrogens is 2. The normalized spacial score (nSPS) is 16.9. The van der Waals surface area contributed by atoms with Crippen molar-refractivity contribution in [2.45, 2.75) is 4.90 Å². The molecule has 1 aliphatic rings. The average Bonchev–Trinajstić information content (AvgIpc) is 3.29. The van der Waals surface area contributed by atoms with Crippen LogP contribution in [0.3, 0.4) is 0 Å². The molecule has 0 saturated carbocycles. The Morgan fingerprint density at radius 2 is 1.70 bits per heavy atom. The number of sulfone groups is 1. The summed E-state index contributed by atoms with van der Waals surface area (Å²) in [5, 5.41) is 0.757. The Kier molecular flexibility index (Phi) is 3.40. The molecule has 0 aliphatic carbocycles. The molecule has 0 radical (unpaired) electrons. The first-order chi connectivity index (χ1) is 13.0. The molecule has 0 atom stereocenters. The van der Waals surface area contributed by atoms with E-state index in [2.05, 4.69) is 9.97 Å². The van der Waals surface area contributed by atoms with Crippen LogP contribution in [0.25, 0.3) is 27.2 Å². The summed E-state index contributed by atoms with van der Waals surface area (Å²) in [6.45, 7) is 0. The fourth-order valence-corrected chi connectivity index (χ4v) is 5.37. The van der Waals surface area contributed by atoms with Crippen molar-refractivity contribution in [3.63, 3.8) is 0 Å².